The zero-order valence-corrected chi connectivity index (χ0v) is 21.0. The number of hydrogen-bond acceptors (Lipinski definition) is 9. The molecule has 2 fully saturated rings. The van der Waals surface area contributed by atoms with Crippen LogP contribution in [0.3, 0.4) is 0 Å². The standard InChI is InChI=1S/C24H31BClN5O4/c1-24(2)13-34-25(35-14-24)18-9-8-16(10-17(18)22(32)33-3)29-23-28-12-19(26)21(31-23)30-20-7-5-4-6-15(20)11-27/h8-10,12,15,20,23,29-31H,4-7,13-14H2,1-3H3/t15?,20-,23?/m0/s1. The van der Waals surface area contributed by atoms with Crippen LogP contribution in [0.5, 0.6) is 0 Å². The lowest BCUT2D eigenvalue weighted by molar-refractivity contribution is 0.0340. The lowest BCUT2D eigenvalue weighted by Gasteiger charge is -2.33. The van der Waals surface area contributed by atoms with Crippen LogP contribution in [-0.4, -0.2) is 52.0 Å². The molecular weight excluding hydrogens is 469 g/mol. The van der Waals surface area contributed by atoms with Crippen LogP contribution in [0, 0.1) is 22.7 Å². The molecule has 35 heavy (non-hydrogen) atoms. The summed E-state index contributed by atoms with van der Waals surface area (Å²) in [4.78, 5) is 17.0. The van der Waals surface area contributed by atoms with Crippen LogP contribution >= 0.6 is 11.6 Å². The Morgan fingerprint density at radius 2 is 2.03 bits per heavy atom. The summed E-state index contributed by atoms with van der Waals surface area (Å²) in [5.41, 5.74) is 1.54. The highest BCUT2D eigenvalue weighted by Crippen LogP contribution is 2.26. The first kappa shape index (κ1) is 25.4. The Labute approximate surface area is 211 Å². The number of anilines is 1. The van der Waals surface area contributed by atoms with Gasteiger partial charge in [-0.3, -0.25) is 0 Å². The molecule has 186 valence electrons. The van der Waals surface area contributed by atoms with E-state index >= 15 is 0 Å². The minimum atomic E-state index is -0.641. The molecule has 2 aliphatic heterocycles. The third-order valence-corrected chi connectivity index (χ3v) is 6.67. The van der Waals surface area contributed by atoms with Crippen molar-refractivity contribution < 1.29 is 18.8 Å². The van der Waals surface area contributed by atoms with Crippen molar-refractivity contribution in [2.24, 2.45) is 16.3 Å². The largest absolute Gasteiger partial charge is 0.494 e. The third-order valence-electron chi connectivity index (χ3n) is 6.39. The Morgan fingerprint density at radius 1 is 1.29 bits per heavy atom. The molecule has 0 amide bonds. The van der Waals surface area contributed by atoms with Crippen molar-refractivity contribution >= 4 is 42.1 Å². The van der Waals surface area contributed by atoms with Gasteiger partial charge in [0.15, 0.2) is 6.29 Å². The first-order valence-corrected chi connectivity index (χ1v) is 12.2. The molecule has 3 N–H and O–H groups in total. The molecule has 3 aliphatic rings. The summed E-state index contributed by atoms with van der Waals surface area (Å²) >= 11 is 6.38. The maximum Gasteiger partial charge on any atom is 0.494 e. The topological polar surface area (TPSA) is 117 Å². The van der Waals surface area contributed by atoms with Crippen LogP contribution in [-0.2, 0) is 14.0 Å². The molecule has 11 heteroatoms. The van der Waals surface area contributed by atoms with Crippen LogP contribution in [0.4, 0.5) is 5.69 Å². The Kier molecular flexibility index (Phi) is 7.90. The number of carbonyl (C=O) groups excluding carboxylic acids is 1. The molecule has 0 aromatic heterocycles. The summed E-state index contributed by atoms with van der Waals surface area (Å²) in [6.45, 7) is 5.17. The second-order valence-electron chi connectivity index (χ2n) is 9.87. The van der Waals surface area contributed by atoms with Crippen LogP contribution < -0.4 is 21.4 Å². The Morgan fingerprint density at radius 3 is 2.74 bits per heavy atom. The van der Waals surface area contributed by atoms with E-state index in [2.05, 4.69) is 40.9 Å². The number of aliphatic imine (C=N–C) groups is 1. The quantitative estimate of drug-likeness (QED) is 0.404. The summed E-state index contributed by atoms with van der Waals surface area (Å²) in [5.74, 6) is 0.0893. The lowest BCUT2D eigenvalue weighted by atomic mass is 9.73. The van der Waals surface area contributed by atoms with Gasteiger partial charge in [-0.25, -0.2) is 9.79 Å². The van der Waals surface area contributed by atoms with Gasteiger partial charge in [-0.15, -0.1) is 0 Å². The molecule has 1 aromatic rings. The fourth-order valence-electron chi connectivity index (χ4n) is 4.44. The van der Waals surface area contributed by atoms with Gasteiger partial charge in [0.05, 0.1) is 29.7 Å². The predicted molar refractivity (Wildman–Crippen MR) is 135 cm³/mol. The van der Waals surface area contributed by atoms with E-state index in [9.17, 15) is 10.1 Å². The number of allylic oxidation sites excluding steroid dienone is 1. The summed E-state index contributed by atoms with van der Waals surface area (Å²) in [5, 5.41) is 19.8. The van der Waals surface area contributed by atoms with Crippen molar-refractivity contribution in [2.45, 2.75) is 51.9 Å². The first-order chi connectivity index (χ1) is 16.8. The van der Waals surface area contributed by atoms with Crippen LogP contribution in [0.1, 0.15) is 49.9 Å². The zero-order valence-electron chi connectivity index (χ0n) is 20.3. The van der Waals surface area contributed by atoms with Gasteiger partial charge in [0, 0.05) is 36.6 Å². The smallest absolute Gasteiger partial charge is 0.465 e. The maximum atomic E-state index is 12.6. The van der Waals surface area contributed by atoms with E-state index in [1.54, 1.807) is 18.3 Å². The number of nitrogens with zero attached hydrogens (tertiary/aromatic N) is 2. The molecule has 1 saturated carbocycles. The van der Waals surface area contributed by atoms with E-state index in [-0.39, 0.29) is 17.4 Å². The van der Waals surface area contributed by atoms with Crippen LogP contribution in [0.15, 0.2) is 34.0 Å². The molecule has 2 heterocycles. The first-order valence-electron chi connectivity index (χ1n) is 11.9. The van der Waals surface area contributed by atoms with Gasteiger partial charge < -0.3 is 30.0 Å². The number of benzene rings is 1. The van der Waals surface area contributed by atoms with E-state index in [1.807, 2.05) is 6.07 Å². The summed E-state index contributed by atoms with van der Waals surface area (Å²) in [7, 11) is 0.702. The minimum Gasteiger partial charge on any atom is -0.465 e. The Hall–Kier alpha value is -2.74. The number of esters is 1. The molecule has 1 aromatic carbocycles. The number of nitriles is 1. The molecule has 0 radical (unpaired) electrons. The highest BCUT2D eigenvalue weighted by atomic mass is 35.5. The number of nitrogens with one attached hydrogen (secondary N) is 3. The second-order valence-corrected chi connectivity index (χ2v) is 10.3. The Balaban J connectivity index is 1.46. The number of ether oxygens (including phenoxy) is 1. The van der Waals surface area contributed by atoms with E-state index in [0.29, 0.717) is 40.8 Å². The molecule has 1 saturated heterocycles. The second kappa shape index (κ2) is 10.9. The molecular formula is C24H31BClN5O4. The van der Waals surface area contributed by atoms with Crippen molar-refractivity contribution in [2.75, 3.05) is 25.6 Å². The van der Waals surface area contributed by atoms with E-state index < -0.39 is 19.4 Å². The van der Waals surface area contributed by atoms with Crippen molar-refractivity contribution in [3.8, 4) is 6.07 Å². The molecule has 3 atom stereocenters. The zero-order chi connectivity index (χ0) is 25.0. The van der Waals surface area contributed by atoms with E-state index in [0.717, 1.165) is 25.7 Å². The molecule has 0 bridgehead atoms. The van der Waals surface area contributed by atoms with Crippen LogP contribution in [0.2, 0.25) is 0 Å². The van der Waals surface area contributed by atoms with Crippen molar-refractivity contribution in [1.29, 1.82) is 5.26 Å². The van der Waals surface area contributed by atoms with Gasteiger partial charge in [-0.1, -0.05) is 44.4 Å². The lowest BCUT2D eigenvalue weighted by Crippen LogP contribution is -2.49. The van der Waals surface area contributed by atoms with Gasteiger partial charge in [-0.05, 0) is 30.4 Å². The van der Waals surface area contributed by atoms with Crippen molar-refractivity contribution in [3.05, 3.63) is 34.6 Å². The predicted octanol–water partition coefficient (Wildman–Crippen LogP) is 2.69. The summed E-state index contributed by atoms with van der Waals surface area (Å²) in [6, 6.07) is 7.76. The SMILES string of the molecule is COC(=O)c1cc(NC2N=CC(Cl)=C(N[C@H]3CCCCC3C#N)N2)ccc1B1OCC(C)(C)CO1. The fourth-order valence-corrected chi connectivity index (χ4v) is 4.61. The average Bonchev–Trinajstić information content (AvgIpc) is 2.86. The third kappa shape index (κ3) is 6.10. The monoisotopic (exact) mass is 499 g/mol. The van der Waals surface area contributed by atoms with Gasteiger partial charge in [0.1, 0.15) is 5.82 Å². The van der Waals surface area contributed by atoms with E-state index in [4.69, 9.17) is 25.6 Å². The molecule has 1 aliphatic carbocycles. The number of halogens is 1. The number of methoxy groups -OCH3 is 1. The van der Waals surface area contributed by atoms with Crippen LogP contribution in [0.25, 0.3) is 0 Å². The summed E-state index contributed by atoms with van der Waals surface area (Å²) in [6.07, 6.45) is 4.98. The van der Waals surface area contributed by atoms with Gasteiger partial charge in [0.2, 0.25) is 0 Å². The summed E-state index contributed by atoms with van der Waals surface area (Å²) < 4.78 is 16.8. The van der Waals surface area contributed by atoms with Gasteiger partial charge in [0.25, 0.3) is 0 Å². The highest BCUT2D eigenvalue weighted by molar-refractivity contribution is 6.63. The Bertz CT molecular complexity index is 1050. The number of rotatable bonds is 6. The average molecular weight is 500 g/mol. The minimum absolute atomic E-state index is 0.0304. The van der Waals surface area contributed by atoms with E-state index in [1.165, 1.54) is 7.11 Å². The van der Waals surface area contributed by atoms with Crippen molar-refractivity contribution in [1.82, 2.24) is 10.6 Å². The highest BCUT2D eigenvalue weighted by Gasteiger charge is 2.36. The number of hydrogen-bond donors (Lipinski definition) is 3. The molecule has 2 unspecified atom stereocenters. The molecule has 9 nitrogen and oxygen atoms in total. The molecule has 0 spiro atoms. The number of carbonyl (C=O) groups is 1. The maximum absolute atomic E-state index is 12.6. The van der Waals surface area contributed by atoms with Gasteiger partial charge >= 0.3 is 13.1 Å². The fraction of sp³-hybridized carbons (Fsp3) is 0.542. The van der Waals surface area contributed by atoms with Crippen molar-refractivity contribution in [3.63, 3.8) is 0 Å². The molecule has 4 rings (SSSR count). The van der Waals surface area contributed by atoms with Gasteiger partial charge in [-0.2, -0.15) is 5.26 Å². The normalized spacial score (nSPS) is 25.9.